The van der Waals surface area contributed by atoms with E-state index in [4.69, 9.17) is 26.1 Å². The van der Waals surface area contributed by atoms with Crippen molar-refractivity contribution in [3.8, 4) is 11.1 Å². The number of furan rings is 1. The van der Waals surface area contributed by atoms with Crippen LogP contribution in [0.2, 0.25) is 5.02 Å². The van der Waals surface area contributed by atoms with E-state index in [1.54, 1.807) is 6.26 Å². The monoisotopic (exact) mass is 402 g/mol. The molecular weight excluding hydrogens is 384 g/mol. The summed E-state index contributed by atoms with van der Waals surface area (Å²) >= 11 is 6.12. The maximum atomic E-state index is 6.12. The lowest BCUT2D eigenvalue weighted by atomic mass is 10.00. The summed E-state index contributed by atoms with van der Waals surface area (Å²) in [6, 6.07) is 17.6. The average molecular weight is 403 g/mol. The maximum Gasteiger partial charge on any atom is 0.159 e. The summed E-state index contributed by atoms with van der Waals surface area (Å²) in [4.78, 5) is 9.60. The van der Waals surface area contributed by atoms with Gasteiger partial charge in [0.2, 0.25) is 0 Å². The lowest BCUT2D eigenvalue weighted by molar-refractivity contribution is 0.503. The van der Waals surface area contributed by atoms with Gasteiger partial charge in [0.05, 0.1) is 23.4 Å². The molecule has 1 aromatic carbocycles. The molecule has 5 nitrogen and oxygen atoms in total. The molecule has 0 saturated heterocycles. The molecule has 144 valence electrons. The zero-order valence-electron chi connectivity index (χ0n) is 15.9. The molecule has 1 aliphatic rings. The van der Waals surface area contributed by atoms with Crippen molar-refractivity contribution in [3.05, 3.63) is 89.2 Å². The van der Waals surface area contributed by atoms with E-state index in [0.717, 1.165) is 46.2 Å². The second-order valence-corrected chi connectivity index (χ2v) is 7.40. The molecule has 0 bridgehead atoms. The standard InChI is InChI=1S/C23H19ClN4O/c1-2-17-22(15-8-10-16(24)11-9-15)23-26-19(21-7-5-13-29-21)14-20(28(23)27-17)18-6-3-4-12-25-18/h3-13,20H,2,14H2,1H3/t20-/m1/s1. The molecule has 0 spiro atoms. The number of hydrogen-bond acceptors (Lipinski definition) is 4. The van der Waals surface area contributed by atoms with Gasteiger partial charge in [0, 0.05) is 23.2 Å². The first-order chi connectivity index (χ1) is 14.2. The van der Waals surface area contributed by atoms with Crippen LogP contribution in [0.4, 0.5) is 5.82 Å². The van der Waals surface area contributed by atoms with Gasteiger partial charge in [0.25, 0.3) is 0 Å². The second-order valence-electron chi connectivity index (χ2n) is 6.96. The normalized spacial score (nSPS) is 15.8. The number of benzene rings is 1. The highest BCUT2D eigenvalue weighted by Gasteiger charge is 2.31. The molecule has 3 aromatic heterocycles. The van der Waals surface area contributed by atoms with E-state index in [-0.39, 0.29) is 6.04 Å². The van der Waals surface area contributed by atoms with Crippen LogP contribution < -0.4 is 0 Å². The smallest absolute Gasteiger partial charge is 0.159 e. The van der Waals surface area contributed by atoms with Gasteiger partial charge in [-0.15, -0.1) is 0 Å². The molecule has 1 atom stereocenters. The number of aryl methyl sites for hydroxylation is 1. The lowest BCUT2D eigenvalue weighted by Crippen LogP contribution is -2.21. The van der Waals surface area contributed by atoms with E-state index in [1.807, 2.05) is 65.5 Å². The first-order valence-electron chi connectivity index (χ1n) is 9.64. The van der Waals surface area contributed by atoms with Crippen molar-refractivity contribution in [3.63, 3.8) is 0 Å². The van der Waals surface area contributed by atoms with E-state index in [2.05, 4.69) is 11.9 Å². The van der Waals surface area contributed by atoms with Gasteiger partial charge >= 0.3 is 0 Å². The Morgan fingerprint density at radius 3 is 2.66 bits per heavy atom. The Labute approximate surface area is 173 Å². The van der Waals surface area contributed by atoms with Crippen LogP contribution in [0.3, 0.4) is 0 Å². The van der Waals surface area contributed by atoms with Crippen LogP contribution >= 0.6 is 11.6 Å². The number of nitrogens with zero attached hydrogens (tertiary/aromatic N) is 4. The fourth-order valence-electron chi connectivity index (χ4n) is 3.80. The molecule has 0 aliphatic carbocycles. The fourth-order valence-corrected chi connectivity index (χ4v) is 3.93. The minimum atomic E-state index is -0.0462. The Morgan fingerprint density at radius 2 is 1.97 bits per heavy atom. The van der Waals surface area contributed by atoms with Crippen LogP contribution in [-0.4, -0.2) is 20.5 Å². The van der Waals surface area contributed by atoms with Gasteiger partial charge in [-0.1, -0.05) is 36.7 Å². The molecule has 0 amide bonds. The topological polar surface area (TPSA) is 56.2 Å². The van der Waals surface area contributed by atoms with E-state index >= 15 is 0 Å². The summed E-state index contributed by atoms with van der Waals surface area (Å²) < 4.78 is 7.68. The summed E-state index contributed by atoms with van der Waals surface area (Å²) in [5, 5.41) is 5.65. The molecular formula is C23H19ClN4O. The number of fused-ring (bicyclic) bond motifs is 1. The van der Waals surface area contributed by atoms with Gasteiger partial charge in [0.15, 0.2) is 5.82 Å². The lowest BCUT2D eigenvalue weighted by Gasteiger charge is -2.23. The summed E-state index contributed by atoms with van der Waals surface area (Å²) in [6.07, 6.45) is 4.97. The van der Waals surface area contributed by atoms with Crippen molar-refractivity contribution in [2.45, 2.75) is 25.8 Å². The minimum Gasteiger partial charge on any atom is -0.463 e. The summed E-state index contributed by atoms with van der Waals surface area (Å²) in [5.74, 6) is 1.61. The maximum absolute atomic E-state index is 6.12. The van der Waals surface area contributed by atoms with Crippen molar-refractivity contribution in [2.75, 3.05) is 0 Å². The highest BCUT2D eigenvalue weighted by molar-refractivity contribution is 6.30. The zero-order valence-corrected chi connectivity index (χ0v) is 16.7. The van der Waals surface area contributed by atoms with Gasteiger partial charge in [-0.2, -0.15) is 5.10 Å². The number of aromatic nitrogens is 3. The van der Waals surface area contributed by atoms with Crippen LogP contribution in [0.25, 0.3) is 11.1 Å². The first kappa shape index (κ1) is 17.9. The molecule has 5 rings (SSSR count). The van der Waals surface area contributed by atoms with E-state index in [1.165, 1.54) is 0 Å². The molecule has 29 heavy (non-hydrogen) atoms. The van der Waals surface area contributed by atoms with E-state index in [0.29, 0.717) is 11.4 Å². The Bertz CT molecular complexity index is 1160. The molecule has 6 heteroatoms. The summed E-state index contributed by atoms with van der Waals surface area (Å²) in [5.41, 5.74) is 4.95. The van der Waals surface area contributed by atoms with Crippen molar-refractivity contribution < 1.29 is 4.42 Å². The Balaban J connectivity index is 1.74. The Kier molecular flexibility index (Phi) is 4.52. The molecule has 1 aliphatic heterocycles. The third-order valence-corrected chi connectivity index (χ3v) is 5.43. The molecule has 0 saturated carbocycles. The van der Waals surface area contributed by atoms with Crippen molar-refractivity contribution in [1.29, 1.82) is 0 Å². The van der Waals surface area contributed by atoms with Crippen LogP contribution in [0.1, 0.15) is 36.5 Å². The highest BCUT2D eigenvalue weighted by Crippen LogP contribution is 2.42. The zero-order chi connectivity index (χ0) is 19.8. The van der Waals surface area contributed by atoms with Crippen molar-refractivity contribution >= 4 is 23.1 Å². The van der Waals surface area contributed by atoms with Gasteiger partial charge in [-0.05, 0) is 48.4 Å². The predicted octanol–water partition coefficient (Wildman–Crippen LogP) is 5.87. The molecule has 4 aromatic rings. The molecule has 0 radical (unpaired) electrons. The third kappa shape index (κ3) is 3.17. The number of aliphatic imine (C=N–C) groups is 1. The number of rotatable bonds is 4. The molecule has 4 heterocycles. The molecule has 0 fully saturated rings. The Hall–Kier alpha value is -3.18. The quantitative estimate of drug-likeness (QED) is 0.429. The van der Waals surface area contributed by atoms with Crippen molar-refractivity contribution in [1.82, 2.24) is 14.8 Å². The van der Waals surface area contributed by atoms with E-state index in [9.17, 15) is 0 Å². The van der Waals surface area contributed by atoms with Crippen molar-refractivity contribution in [2.24, 2.45) is 4.99 Å². The van der Waals surface area contributed by atoms with Crippen LogP contribution in [-0.2, 0) is 6.42 Å². The van der Waals surface area contributed by atoms with Crippen LogP contribution in [0.5, 0.6) is 0 Å². The summed E-state index contributed by atoms with van der Waals surface area (Å²) in [7, 11) is 0. The van der Waals surface area contributed by atoms with Gasteiger partial charge in [-0.25, -0.2) is 9.67 Å². The SMILES string of the molecule is CCc1nn2c(c1-c1ccc(Cl)cc1)N=C(c1ccco1)C[C@@H]2c1ccccn1. The van der Waals surface area contributed by atoms with Crippen LogP contribution in [0.15, 0.2) is 76.5 Å². The third-order valence-electron chi connectivity index (χ3n) is 5.18. The largest absolute Gasteiger partial charge is 0.463 e. The van der Waals surface area contributed by atoms with Gasteiger partial charge in [-0.3, -0.25) is 4.98 Å². The molecule has 0 N–H and O–H groups in total. The molecule has 0 unspecified atom stereocenters. The summed E-state index contributed by atoms with van der Waals surface area (Å²) in [6.45, 7) is 2.11. The van der Waals surface area contributed by atoms with Crippen LogP contribution in [0, 0.1) is 0 Å². The Morgan fingerprint density at radius 1 is 1.10 bits per heavy atom. The number of pyridine rings is 1. The van der Waals surface area contributed by atoms with Gasteiger partial charge < -0.3 is 4.42 Å². The first-order valence-corrected chi connectivity index (χ1v) is 10.0. The minimum absolute atomic E-state index is 0.0462. The predicted molar refractivity (Wildman–Crippen MR) is 114 cm³/mol. The number of halogens is 1. The average Bonchev–Trinajstić information content (AvgIpc) is 3.42. The number of hydrogen-bond donors (Lipinski definition) is 0. The second kappa shape index (κ2) is 7.33. The van der Waals surface area contributed by atoms with E-state index < -0.39 is 0 Å². The fraction of sp³-hybridized carbons (Fsp3) is 0.174. The highest BCUT2D eigenvalue weighted by atomic mass is 35.5. The van der Waals surface area contributed by atoms with Gasteiger partial charge in [0.1, 0.15) is 11.8 Å².